The summed E-state index contributed by atoms with van der Waals surface area (Å²) in [7, 11) is 0. The minimum absolute atomic E-state index is 0.314. The van der Waals surface area contributed by atoms with Crippen LogP contribution in [0.25, 0.3) is 0 Å². The average Bonchev–Trinajstić information content (AvgIpc) is 2.12. The van der Waals surface area contributed by atoms with Crippen LogP contribution in [0, 0.1) is 11.3 Å². The van der Waals surface area contributed by atoms with E-state index in [0.29, 0.717) is 19.0 Å². The van der Waals surface area contributed by atoms with Gasteiger partial charge >= 0.3 is 5.97 Å². The molecule has 0 fully saturated rings. The lowest BCUT2D eigenvalue weighted by Gasteiger charge is -2.29. The fourth-order valence-electron chi connectivity index (χ4n) is 1.28. The van der Waals surface area contributed by atoms with Crippen molar-refractivity contribution in [3.63, 3.8) is 0 Å². The Bertz CT molecular complexity index is 246. The Labute approximate surface area is 91.3 Å². The van der Waals surface area contributed by atoms with Crippen LogP contribution in [0.5, 0.6) is 0 Å². The topological polar surface area (TPSA) is 57.6 Å². The first-order valence-electron chi connectivity index (χ1n) is 5.26. The summed E-state index contributed by atoms with van der Waals surface area (Å²) in [5.74, 6) is -1.04. The lowest BCUT2D eigenvalue weighted by molar-refractivity contribution is -0.158. The van der Waals surface area contributed by atoms with E-state index in [1.165, 1.54) is 13.8 Å². The standard InChI is InChI=1S/C11H21NO3/c1-6-12(7-8(2)3)9(13)11(4,5)10(14)15/h8H,6-7H2,1-5H3,(H,14,15). The number of hydrogen-bond acceptors (Lipinski definition) is 2. The van der Waals surface area contributed by atoms with Gasteiger partial charge in [0.2, 0.25) is 5.91 Å². The van der Waals surface area contributed by atoms with Crippen molar-refractivity contribution in [1.82, 2.24) is 4.90 Å². The molecule has 0 radical (unpaired) electrons. The van der Waals surface area contributed by atoms with E-state index in [2.05, 4.69) is 0 Å². The van der Waals surface area contributed by atoms with Crippen LogP contribution in [0.1, 0.15) is 34.6 Å². The van der Waals surface area contributed by atoms with Crippen LogP contribution in [-0.2, 0) is 9.59 Å². The summed E-state index contributed by atoms with van der Waals surface area (Å²) in [5, 5.41) is 8.94. The zero-order valence-corrected chi connectivity index (χ0v) is 10.2. The molecule has 88 valence electrons. The number of nitrogens with zero attached hydrogens (tertiary/aromatic N) is 1. The van der Waals surface area contributed by atoms with Crippen LogP contribution in [-0.4, -0.2) is 35.0 Å². The summed E-state index contributed by atoms with van der Waals surface area (Å²) in [4.78, 5) is 24.4. The first-order valence-corrected chi connectivity index (χ1v) is 5.26. The Kier molecular flexibility index (Phi) is 4.78. The van der Waals surface area contributed by atoms with Crippen LogP contribution in [0.2, 0.25) is 0 Å². The molecule has 0 spiro atoms. The molecule has 0 aromatic heterocycles. The number of amides is 1. The van der Waals surface area contributed by atoms with Crippen molar-refractivity contribution in [1.29, 1.82) is 0 Å². The Balaban J connectivity index is 4.72. The lowest BCUT2D eigenvalue weighted by atomic mass is 9.91. The van der Waals surface area contributed by atoms with Gasteiger partial charge in [-0.05, 0) is 26.7 Å². The molecule has 4 heteroatoms. The van der Waals surface area contributed by atoms with Gasteiger partial charge in [-0.2, -0.15) is 0 Å². The van der Waals surface area contributed by atoms with Crippen LogP contribution >= 0.6 is 0 Å². The van der Waals surface area contributed by atoms with E-state index in [4.69, 9.17) is 5.11 Å². The van der Waals surface area contributed by atoms with E-state index in [1.807, 2.05) is 20.8 Å². The highest BCUT2D eigenvalue weighted by Gasteiger charge is 2.38. The molecule has 1 amide bonds. The molecule has 0 saturated heterocycles. The fraction of sp³-hybridized carbons (Fsp3) is 0.818. The maximum absolute atomic E-state index is 11.9. The molecule has 0 aromatic rings. The molecule has 0 bridgehead atoms. The summed E-state index contributed by atoms with van der Waals surface area (Å²) in [6, 6.07) is 0. The van der Waals surface area contributed by atoms with Crippen LogP contribution in [0.15, 0.2) is 0 Å². The second-order valence-corrected chi connectivity index (χ2v) is 4.67. The van der Waals surface area contributed by atoms with Crippen molar-refractivity contribution in [2.45, 2.75) is 34.6 Å². The highest BCUT2D eigenvalue weighted by atomic mass is 16.4. The number of carboxylic acids is 1. The summed E-state index contributed by atoms with van der Waals surface area (Å²) in [5.41, 5.74) is -1.33. The van der Waals surface area contributed by atoms with Gasteiger partial charge in [0.05, 0.1) is 0 Å². The highest BCUT2D eigenvalue weighted by molar-refractivity contribution is 6.00. The summed E-state index contributed by atoms with van der Waals surface area (Å²) in [6.45, 7) is 9.91. The summed E-state index contributed by atoms with van der Waals surface area (Å²) >= 11 is 0. The number of carbonyl (C=O) groups is 2. The van der Waals surface area contributed by atoms with Gasteiger partial charge in [-0.3, -0.25) is 9.59 Å². The van der Waals surface area contributed by atoms with Crippen LogP contribution in [0.3, 0.4) is 0 Å². The van der Waals surface area contributed by atoms with Gasteiger partial charge in [0.1, 0.15) is 5.41 Å². The Morgan fingerprint density at radius 3 is 2.07 bits per heavy atom. The summed E-state index contributed by atoms with van der Waals surface area (Å²) < 4.78 is 0. The third kappa shape index (κ3) is 3.53. The molecule has 0 rings (SSSR count). The Hall–Kier alpha value is -1.06. The van der Waals surface area contributed by atoms with Crippen molar-refractivity contribution < 1.29 is 14.7 Å². The SMILES string of the molecule is CCN(CC(C)C)C(=O)C(C)(C)C(=O)O. The van der Waals surface area contributed by atoms with Gasteiger partial charge < -0.3 is 10.0 Å². The van der Waals surface area contributed by atoms with Gasteiger partial charge in [0, 0.05) is 13.1 Å². The molecule has 15 heavy (non-hydrogen) atoms. The van der Waals surface area contributed by atoms with E-state index in [0.717, 1.165) is 0 Å². The molecule has 0 aliphatic carbocycles. The number of carboxylic acid groups (broad SMARTS) is 1. The molecule has 0 aromatic carbocycles. The third-order valence-corrected chi connectivity index (χ3v) is 2.32. The molecule has 0 aliphatic rings. The molecular formula is C11H21NO3. The minimum Gasteiger partial charge on any atom is -0.480 e. The molecule has 0 atom stereocenters. The first-order chi connectivity index (χ1) is 6.73. The Morgan fingerprint density at radius 1 is 1.33 bits per heavy atom. The molecule has 0 aliphatic heterocycles. The highest BCUT2D eigenvalue weighted by Crippen LogP contribution is 2.19. The van der Waals surface area contributed by atoms with E-state index in [-0.39, 0.29) is 5.91 Å². The molecule has 4 nitrogen and oxygen atoms in total. The van der Waals surface area contributed by atoms with E-state index in [9.17, 15) is 9.59 Å². The molecule has 0 heterocycles. The zero-order chi connectivity index (χ0) is 12.2. The second-order valence-electron chi connectivity index (χ2n) is 4.67. The van der Waals surface area contributed by atoms with Gasteiger partial charge in [-0.25, -0.2) is 0 Å². The maximum Gasteiger partial charge on any atom is 0.318 e. The van der Waals surface area contributed by atoms with E-state index < -0.39 is 11.4 Å². The number of rotatable bonds is 5. The normalized spacial score (nSPS) is 11.6. The average molecular weight is 215 g/mol. The lowest BCUT2D eigenvalue weighted by Crippen LogP contribution is -2.46. The van der Waals surface area contributed by atoms with E-state index >= 15 is 0 Å². The number of carbonyl (C=O) groups excluding carboxylic acids is 1. The predicted molar refractivity (Wildman–Crippen MR) is 58.5 cm³/mol. The van der Waals surface area contributed by atoms with Crippen LogP contribution in [0.4, 0.5) is 0 Å². The monoisotopic (exact) mass is 215 g/mol. The van der Waals surface area contributed by atoms with Crippen molar-refractivity contribution in [2.24, 2.45) is 11.3 Å². The van der Waals surface area contributed by atoms with Crippen molar-refractivity contribution in [3.05, 3.63) is 0 Å². The van der Waals surface area contributed by atoms with Crippen molar-refractivity contribution in [3.8, 4) is 0 Å². The fourth-order valence-corrected chi connectivity index (χ4v) is 1.28. The third-order valence-electron chi connectivity index (χ3n) is 2.32. The first kappa shape index (κ1) is 13.9. The van der Waals surface area contributed by atoms with E-state index in [1.54, 1.807) is 4.90 Å². The van der Waals surface area contributed by atoms with Crippen molar-refractivity contribution >= 4 is 11.9 Å². The Morgan fingerprint density at radius 2 is 1.80 bits per heavy atom. The molecule has 0 saturated carbocycles. The second kappa shape index (κ2) is 5.14. The number of hydrogen-bond donors (Lipinski definition) is 1. The van der Waals surface area contributed by atoms with Gasteiger partial charge in [0.15, 0.2) is 0 Å². The molecular weight excluding hydrogens is 194 g/mol. The quantitative estimate of drug-likeness (QED) is 0.709. The predicted octanol–water partition coefficient (Wildman–Crippen LogP) is 1.60. The minimum atomic E-state index is -1.33. The van der Waals surface area contributed by atoms with Gasteiger partial charge in [-0.15, -0.1) is 0 Å². The van der Waals surface area contributed by atoms with Crippen LogP contribution < -0.4 is 0 Å². The van der Waals surface area contributed by atoms with Gasteiger partial charge in [-0.1, -0.05) is 13.8 Å². The molecule has 1 N–H and O–H groups in total. The number of aliphatic carboxylic acids is 1. The zero-order valence-electron chi connectivity index (χ0n) is 10.2. The van der Waals surface area contributed by atoms with Crippen molar-refractivity contribution in [2.75, 3.05) is 13.1 Å². The maximum atomic E-state index is 11.9. The molecule has 0 unspecified atom stereocenters. The smallest absolute Gasteiger partial charge is 0.318 e. The summed E-state index contributed by atoms with van der Waals surface area (Å²) in [6.07, 6.45) is 0. The largest absolute Gasteiger partial charge is 0.480 e. The van der Waals surface area contributed by atoms with Gasteiger partial charge in [0.25, 0.3) is 0 Å².